The van der Waals surface area contributed by atoms with Crippen molar-refractivity contribution in [2.75, 3.05) is 0 Å². The van der Waals surface area contributed by atoms with E-state index < -0.39 is 18.0 Å². The van der Waals surface area contributed by atoms with Crippen molar-refractivity contribution in [3.05, 3.63) is 42.4 Å². The number of benzene rings is 1. The molecule has 1 heterocycles. The molecule has 2 rings (SSSR count). The van der Waals surface area contributed by atoms with E-state index in [2.05, 4.69) is 4.98 Å². The van der Waals surface area contributed by atoms with Gasteiger partial charge in [-0.2, -0.15) is 0 Å². The van der Waals surface area contributed by atoms with Gasteiger partial charge in [0, 0.05) is 5.56 Å². The number of nitrogens with zero attached hydrogens (tertiary/aromatic N) is 1. The third kappa shape index (κ3) is 2.98. The second-order valence-corrected chi connectivity index (χ2v) is 3.89. The van der Waals surface area contributed by atoms with Gasteiger partial charge in [0.2, 0.25) is 0 Å². The fraction of sp³-hybridized carbons (Fsp3) is 0.154. The first-order chi connectivity index (χ1) is 9.08. The van der Waals surface area contributed by atoms with Crippen LogP contribution in [0, 0.1) is 0 Å². The molecule has 0 spiro atoms. The normalized spacial score (nSPS) is 11.8. The summed E-state index contributed by atoms with van der Waals surface area (Å²) in [5, 5.41) is 0. The summed E-state index contributed by atoms with van der Waals surface area (Å²) >= 11 is 0. The zero-order valence-corrected chi connectivity index (χ0v) is 10.2. The Morgan fingerprint density at radius 3 is 2.53 bits per heavy atom. The number of hydrogen-bond acceptors (Lipinski definition) is 5. The van der Waals surface area contributed by atoms with Crippen LogP contribution in [0.25, 0.3) is 11.3 Å². The lowest BCUT2D eigenvalue weighted by atomic mass is 10.1. The van der Waals surface area contributed by atoms with E-state index in [4.69, 9.17) is 14.9 Å². The molecular formula is C13H12N2O4. The standard InChI is InChI=1S/C13H12N2O4/c1-8(12(14)16)19-13(17)10-4-2-9(3-5-10)11-6-15-7-18-11/h2-8H,1H3,(H2,14,16)/t8-/m1/s1. The topological polar surface area (TPSA) is 95.4 Å². The summed E-state index contributed by atoms with van der Waals surface area (Å²) in [6.07, 6.45) is 1.94. The van der Waals surface area contributed by atoms with Gasteiger partial charge in [-0.25, -0.2) is 9.78 Å². The molecule has 1 aromatic carbocycles. The second kappa shape index (κ2) is 5.34. The van der Waals surface area contributed by atoms with E-state index in [-0.39, 0.29) is 0 Å². The maximum absolute atomic E-state index is 11.7. The number of nitrogens with two attached hydrogens (primary N) is 1. The second-order valence-electron chi connectivity index (χ2n) is 3.89. The SMILES string of the molecule is C[C@@H](OC(=O)c1ccc(-c2cnco2)cc1)C(N)=O. The first kappa shape index (κ1) is 12.8. The van der Waals surface area contributed by atoms with Crippen LogP contribution < -0.4 is 5.73 Å². The van der Waals surface area contributed by atoms with Crippen LogP contribution >= 0.6 is 0 Å². The number of carbonyl (C=O) groups excluding carboxylic acids is 2. The largest absolute Gasteiger partial charge is 0.449 e. The molecule has 0 fully saturated rings. The molecule has 19 heavy (non-hydrogen) atoms. The third-order valence-electron chi connectivity index (χ3n) is 2.52. The first-order valence-electron chi connectivity index (χ1n) is 5.57. The van der Waals surface area contributed by atoms with Crippen LogP contribution in [0.3, 0.4) is 0 Å². The number of aromatic nitrogens is 1. The van der Waals surface area contributed by atoms with E-state index in [9.17, 15) is 9.59 Å². The molecule has 1 aromatic heterocycles. The molecule has 0 aliphatic heterocycles. The molecule has 2 N–H and O–H groups in total. The van der Waals surface area contributed by atoms with Crippen LogP contribution in [-0.4, -0.2) is 23.0 Å². The van der Waals surface area contributed by atoms with Gasteiger partial charge in [0.25, 0.3) is 5.91 Å². The lowest BCUT2D eigenvalue weighted by Crippen LogP contribution is -2.30. The Bertz CT molecular complexity index is 575. The number of esters is 1. The molecule has 0 bridgehead atoms. The maximum atomic E-state index is 11.7. The molecule has 6 nitrogen and oxygen atoms in total. The van der Waals surface area contributed by atoms with Crippen molar-refractivity contribution >= 4 is 11.9 Å². The van der Waals surface area contributed by atoms with Crippen LogP contribution in [0.2, 0.25) is 0 Å². The summed E-state index contributed by atoms with van der Waals surface area (Å²) < 4.78 is 10.0. The Morgan fingerprint density at radius 2 is 2.00 bits per heavy atom. The molecule has 98 valence electrons. The Morgan fingerprint density at radius 1 is 1.32 bits per heavy atom. The van der Waals surface area contributed by atoms with Crippen molar-refractivity contribution in [1.82, 2.24) is 4.98 Å². The number of hydrogen-bond donors (Lipinski definition) is 1. The molecule has 0 aliphatic rings. The van der Waals surface area contributed by atoms with E-state index in [1.54, 1.807) is 30.5 Å². The van der Waals surface area contributed by atoms with Crippen molar-refractivity contribution in [3.8, 4) is 11.3 Å². The van der Waals surface area contributed by atoms with Crippen LogP contribution in [-0.2, 0) is 9.53 Å². The molecule has 1 amide bonds. The van der Waals surface area contributed by atoms with Crippen molar-refractivity contribution in [3.63, 3.8) is 0 Å². The lowest BCUT2D eigenvalue weighted by molar-refractivity contribution is -0.125. The van der Waals surface area contributed by atoms with E-state index in [0.717, 1.165) is 5.56 Å². The molecule has 2 aromatic rings. The zero-order chi connectivity index (χ0) is 13.8. The minimum Gasteiger partial charge on any atom is -0.449 e. The summed E-state index contributed by atoms with van der Waals surface area (Å²) in [4.78, 5) is 26.3. The van der Waals surface area contributed by atoms with Crippen LogP contribution in [0.4, 0.5) is 0 Å². The fourth-order valence-electron chi connectivity index (χ4n) is 1.42. The van der Waals surface area contributed by atoms with E-state index in [0.29, 0.717) is 11.3 Å². The summed E-state index contributed by atoms with van der Waals surface area (Å²) in [7, 11) is 0. The van der Waals surface area contributed by atoms with Gasteiger partial charge in [-0.15, -0.1) is 0 Å². The fourth-order valence-corrected chi connectivity index (χ4v) is 1.42. The summed E-state index contributed by atoms with van der Waals surface area (Å²) in [6, 6.07) is 6.56. The van der Waals surface area contributed by atoms with E-state index >= 15 is 0 Å². The van der Waals surface area contributed by atoms with E-state index in [1.807, 2.05) is 0 Å². The minimum absolute atomic E-state index is 0.330. The summed E-state index contributed by atoms with van der Waals surface area (Å²) in [6.45, 7) is 1.42. The Hall–Kier alpha value is -2.63. The van der Waals surface area contributed by atoms with Gasteiger partial charge in [-0.3, -0.25) is 4.79 Å². The number of amides is 1. The van der Waals surface area contributed by atoms with Crippen LogP contribution in [0.15, 0.2) is 41.3 Å². The monoisotopic (exact) mass is 260 g/mol. The Labute approximate surface area is 109 Å². The quantitative estimate of drug-likeness (QED) is 0.837. The van der Waals surface area contributed by atoms with Crippen molar-refractivity contribution in [2.24, 2.45) is 5.73 Å². The maximum Gasteiger partial charge on any atom is 0.338 e. The van der Waals surface area contributed by atoms with Gasteiger partial charge < -0.3 is 14.9 Å². The number of primary amides is 1. The van der Waals surface area contributed by atoms with Crippen molar-refractivity contribution < 1.29 is 18.7 Å². The average Bonchev–Trinajstić information content (AvgIpc) is 2.92. The summed E-state index contributed by atoms with van der Waals surface area (Å²) in [5.41, 5.74) is 6.13. The molecular weight excluding hydrogens is 248 g/mol. The van der Waals surface area contributed by atoms with Gasteiger partial charge in [-0.05, 0) is 19.1 Å². The number of carbonyl (C=O) groups is 2. The predicted octanol–water partition coefficient (Wildman–Crippen LogP) is 1.37. The highest BCUT2D eigenvalue weighted by Gasteiger charge is 2.16. The predicted molar refractivity (Wildman–Crippen MR) is 66.0 cm³/mol. The van der Waals surface area contributed by atoms with Gasteiger partial charge >= 0.3 is 5.97 Å². The minimum atomic E-state index is -0.957. The highest BCUT2D eigenvalue weighted by Crippen LogP contribution is 2.19. The van der Waals surface area contributed by atoms with Crippen molar-refractivity contribution in [2.45, 2.75) is 13.0 Å². The smallest absolute Gasteiger partial charge is 0.338 e. The van der Waals surface area contributed by atoms with Crippen LogP contribution in [0.5, 0.6) is 0 Å². The molecule has 0 radical (unpaired) electrons. The highest BCUT2D eigenvalue weighted by molar-refractivity contribution is 5.92. The number of ether oxygens (including phenoxy) is 1. The Balaban J connectivity index is 2.10. The molecule has 1 atom stereocenters. The number of oxazole rings is 1. The Kier molecular flexibility index (Phi) is 3.61. The average molecular weight is 260 g/mol. The number of rotatable bonds is 4. The van der Waals surface area contributed by atoms with Crippen LogP contribution in [0.1, 0.15) is 17.3 Å². The molecule has 0 saturated carbocycles. The lowest BCUT2D eigenvalue weighted by Gasteiger charge is -2.09. The summed E-state index contributed by atoms with van der Waals surface area (Å²) in [5.74, 6) is -0.688. The molecule has 0 aliphatic carbocycles. The first-order valence-corrected chi connectivity index (χ1v) is 5.57. The highest BCUT2D eigenvalue weighted by atomic mass is 16.5. The van der Waals surface area contributed by atoms with Gasteiger partial charge in [0.15, 0.2) is 18.3 Å². The molecule has 0 saturated heterocycles. The van der Waals surface area contributed by atoms with E-state index in [1.165, 1.54) is 13.3 Å². The van der Waals surface area contributed by atoms with Gasteiger partial charge in [0.05, 0.1) is 11.8 Å². The molecule has 0 unspecified atom stereocenters. The zero-order valence-electron chi connectivity index (χ0n) is 10.2. The third-order valence-corrected chi connectivity index (χ3v) is 2.52. The van der Waals surface area contributed by atoms with Gasteiger partial charge in [0.1, 0.15) is 0 Å². The van der Waals surface area contributed by atoms with Gasteiger partial charge in [-0.1, -0.05) is 12.1 Å². The van der Waals surface area contributed by atoms with Crippen molar-refractivity contribution in [1.29, 1.82) is 0 Å². The molecule has 6 heteroatoms.